The number of rotatable bonds is 5. The maximum absolute atomic E-state index is 11.7. The van der Waals surface area contributed by atoms with E-state index in [9.17, 15) is 4.79 Å². The van der Waals surface area contributed by atoms with Crippen LogP contribution in [0.5, 0.6) is 0 Å². The van der Waals surface area contributed by atoms with E-state index in [1.54, 1.807) is 0 Å². The molecule has 3 nitrogen and oxygen atoms in total. The molecule has 1 N–H and O–H groups in total. The van der Waals surface area contributed by atoms with Crippen LogP contribution >= 0.6 is 0 Å². The Hall–Kier alpha value is -1.35. The highest BCUT2D eigenvalue weighted by molar-refractivity contribution is 5.75. The van der Waals surface area contributed by atoms with Crippen molar-refractivity contribution in [3.05, 3.63) is 35.9 Å². The lowest BCUT2D eigenvalue weighted by Gasteiger charge is -2.21. The fourth-order valence-corrected chi connectivity index (χ4v) is 2.25. The van der Waals surface area contributed by atoms with Gasteiger partial charge in [0.2, 0.25) is 0 Å². The summed E-state index contributed by atoms with van der Waals surface area (Å²) in [5.41, 5.74) is 1.30. The van der Waals surface area contributed by atoms with Gasteiger partial charge in [0.25, 0.3) is 0 Å². The number of carbonyl (C=O) groups is 1. The van der Waals surface area contributed by atoms with Gasteiger partial charge in [-0.15, -0.1) is 0 Å². The number of benzene rings is 1. The third-order valence-corrected chi connectivity index (χ3v) is 3.29. The van der Waals surface area contributed by atoms with Crippen molar-refractivity contribution < 1.29 is 9.53 Å². The van der Waals surface area contributed by atoms with Crippen LogP contribution in [0, 0.1) is 0 Å². The van der Waals surface area contributed by atoms with Gasteiger partial charge < -0.3 is 10.1 Å². The van der Waals surface area contributed by atoms with Gasteiger partial charge in [0.15, 0.2) is 0 Å². The fourth-order valence-electron chi connectivity index (χ4n) is 2.25. The Morgan fingerprint density at radius 1 is 1.28 bits per heavy atom. The SMILES string of the molecule is O=C(OCCCc1ccccc1)[C@H]1CCCCN1. The predicted octanol–water partition coefficient (Wildman–Crippen LogP) is 2.30. The van der Waals surface area contributed by atoms with Crippen molar-refractivity contribution in [1.82, 2.24) is 5.32 Å². The molecule has 1 saturated heterocycles. The van der Waals surface area contributed by atoms with E-state index in [0.29, 0.717) is 6.61 Å². The van der Waals surface area contributed by atoms with Crippen molar-refractivity contribution in [3.8, 4) is 0 Å². The van der Waals surface area contributed by atoms with Crippen LogP contribution in [0.3, 0.4) is 0 Å². The summed E-state index contributed by atoms with van der Waals surface area (Å²) < 4.78 is 5.30. The van der Waals surface area contributed by atoms with E-state index in [1.807, 2.05) is 18.2 Å². The van der Waals surface area contributed by atoms with Gasteiger partial charge in [0.05, 0.1) is 6.61 Å². The predicted molar refractivity (Wildman–Crippen MR) is 71.4 cm³/mol. The van der Waals surface area contributed by atoms with Gasteiger partial charge in [0, 0.05) is 0 Å². The van der Waals surface area contributed by atoms with Gasteiger partial charge in [-0.1, -0.05) is 36.8 Å². The summed E-state index contributed by atoms with van der Waals surface area (Å²) in [7, 11) is 0. The second kappa shape index (κ2) is 7.17. The van der Waals surface area contributed by atoms with E-state index < -0.39 is 0 Å². The second-order valence-corrected chi connectivity index (χ2v) is 4.76. The van der Waals surface area contributed by atoms with Crippen molar-refractivity contribution in [2.45, 2.75) is 38.1 Å². The summed E-state index contributed by atoms with van der Waals surface area (Å²) in [6.45, 7) is 1.45. The van der Waals surface area contributed by atoms with Gasteiger partial charge in [-0.25, -0.2) is 0 Å². The summed E-state index contributed by atoms with van der Waals surface area (Å²) in [5.74, 6) is -0.0808. The first-order chi connectivity index (χ1) is 8.86. The molecule has 0 saturated carbocycles. The number of nitrogens with one attached hydrogen (secondary N) is 1. The normalized spacial score (nSPS) is 19.4. The van der Waals surface area contributed by atoms with Crippen LogP contribution in [0.15, 0.2) is 30.3 Å². The third-order valence-electron chi connectivity index (χ3n) is 3.29. The van der Waals surface area contributed by atoms with E-state index >= 15 is 0 Å². The Morgan fingerprint density at radius 3 is 2.83 bits per heavy atom. The van der Waals surface area contributed by atoms with Gasteiger partial charge in [-0.2, -0.15) is 0 Å². The van der Waals surface area contributed by atoms with Crippen molar-refractivity contribution >= 4 is 5.97 Å². The van der Waals surface area contributed by atoms with E-state index in [0.717, 1.165) is 38.6 Å². The zero-order chi connectivity index (χ0) is 12.6. The average molecular weight is 247 g/mol. The van der Waals surface area contributed by atoms with Crippen LogP contribution in [0.4, 0.5) is 0 Å². The maximum atomic E-state index is 11.7. The van der Waals surface area contributed by atoms with Crippen LogP contribution in [-0.2, 0) is 16.0 Å². The lowest BCUT2D eigenvalue weighted by atomic mass is 10.1. The van der Waals surface area contributed by atoms with Crippen molar-refractivity contribution in [2.24, 2.45) is 0 Å². The smallest absolute Gasteiger partial charge is 0.323 e. The highest BCUT2D eigenvalue weighted by Gasteiger charge is 2.21. The molecule has 1 aromatic carbocycles. The number of hydrogen-bond donors (Lipinski definition) is 1. The third kappa shape index (κ3) is 4.15. The van der Waals surface area contributed by atoms with Crippen LogP contribution in [-0.4, -0.2) is 25.2 Å². The van der Waals surface area contributed by atoms with E-state index in [2.05, 4.69) is 17.4 Å². The molecule has 0 bridgehead atoms. The standard InChI is InChI=1S/C15H21NO2/c17-15(14-10-4-5-11-16-14)18-12-6-9-13-7-2-1-3-8-13/h1-3,7-8,14,16H,4-6,9-12H2/t14-/m1/s1. The molecule has 0 amide bonds. The molecule has 18 heavy (non-hydrogen) atoms. The maximum Gasteiger partial charge on any atom is 0.323 e. The molecule has 1 aliphatic rings. The minimum Gasteiger partial charge on any atom is -0.465 e. The molecule has 3 heteroatoms. The average Bonchev–Trinajstić information content (AvgIpc) is 2.45. The van der Waals surface area contributed by atoms with E-state index in [-0.39, 0.29) is 12.0 Å². The molecule has 1 atom stereocenters. The Balaban J connectivity index is 1.61. The first-order valence-electron chi connectivity index (χ1n) is 6.80. The molecule has 1 aliphatic heterocycles. The molecule has 1 fully saturated rings. The number of piperidine rings is 1. The number of ether oxygens (including phenoxy) is 1. The van der Waals surface area contributed by atoms with Gasteiger partial charge in [0.1, 0.15) is 6.04 Å². The first kappa shape index (κ1) is 13.1. The monoisotopic (exact) mass is 247 g/mol. The minimum absolute atomic E-state index is 0.0736. The number of aryl methyl sites for hydroxylation is 1. The molecule has 1 aromatic rings. The van der Waals surface area contributed by atoms with Gasteiger partial charge in [-0.05, 0) is 37.8 Å². The lowest BCUT2D eigenvalue weighted by Crippen LogP contribution is -2.41. The molecule has 1 heterocycles. The molecule has 0 radical (unpaired) electrons. The zero-order valence-electron chi connectivity index (χ0n) is 10.7. The molecule has 2 rings (SSSR count). The van der Waals surface area contributed by atoms with E-state index in [4.69, 9.17) is 4.74 Å². The topological polar surface area (TPSA) is 38.3 Å². The molecule has 0 spiro atoms. The summed E-state index contributed by atoms with van der Waals surface area (Å²) >= 11 is 0. The highest BCUT2D eigenvalue weighted by atomic mass is 16.5. The van der Waals surface area contributed by atoms with Crippen molar-refractivity contribution in [2.75, 3.05) is 13.2 Å². The van der Waals surface area contributed by atoms with Crippen LogP contribution in [0.25, 0.3) is 0 Å². The molecule has 0 aliphatic carbocycles. The lowest BCUT2D eigenvalue weighted by molar-refractivity contribution is -0.146. The largest absolute Gasteiger partial charge is 0.465 e. The molecule has 0 aromatic heterocycles. The van der Waals surface area contributed by atoms with Crippen LogP contribution < -0.4 is 5.32 Å². The van der Waals surface area contributed by atoms with Crippen LogP contribution in [0.2, 0.25) is 0 Å². The number of esters is 1. The van der Waals surface area contributed by atoms with Gasteiger partial charge in [-0.3, -0.25) is 4.79 Å². The molecule has 0 unspecified atom stereocenters. The molecule has 98 valence electrons. The Bertz CT molecular complexity index is 358. The van der Waals surface area contributed by atoms with Crippen LogP contribution in [0.1, 0.15) is 31.2 Å². The summed E-state index contributed by atoms with van der Waals surface area (Å²) in [6, 6.07) is 10.2. The summed E-state index contributed by atoms with van der Waals surface area (Å²) in [5, 5.41) is 3.20. The Kier molecular flexibility index (Phi) is 5.21. The Labute approximate surface area is 109 Å². The second-order valence-electron chi connectivity index (χ2n) is 4.76. The Morgan fingerprint density at radius 2 is 2.11 bits per heavy atom. The highest BCUT2D eigenvalue weighted by Crippen LogP contribution is 2.09. The number of hydrogen-bond acceptors (Lipinski definition) is 3. The molecular weight excluding hydrogens is 226 g/mol. The quantitative estimate of drug-likeness (QED) is 0.641. The minimum atomic E-state index is -0.0808. The zero-order valence-corrected chi connectivity index (χ0v) is 10.7. The fraction of sp³-hybridized carbons (Fsp3) is 0.533. The van der Waals surface area contributed by atoms with Crippen molar-refractivity contribution in [1.29, 1.82) is 0 Å². The van der Waals surface area contributed by atoms with Crippen molar-refractivity contribution in [3.63, 3.8) is 0 Å². The first-order valence-corrected chi connectivity index (χ1v) is 6.80. The molecular formula is C15H21NO2. The van der Waals surface area contributed by atoms with E-state index in [1.165, 1.54) is 5.56 Å². The summed E-state index contributed by atoms with van der Waals surface area (Å²) in [4.78, 5) is 11.7. The summed E-state index contributed by atoms with van der Waals surface area (Å²) in [6.07, 6.45) is 5.06. The van der Waals surface area contributed by atoms with Gasteiger partial charge >= 0.3 is 5.97 Å². The number of carbonyl (C=O) groups excluding carboxylic acids is 1.